The molecule has 2 heterocycles. The van der Waals surface area contributed by atoms with Crippen molar-refractivity contribution in [3.63, 3.8) is 0 Å². The molecule has 2 aromatic heterocycles. The molecule has 0 aliphatic rings. The minimum absolute atomic E-state index is 0.0346. The fraction of sp³-hybridized carbons (Fsp3) is 0.0952. The van der Waals surface area contributed by atoms with Crippen molar-refractivity contribution in [2.24, 2.45) is 0 Å². The zero-order valence-electron chi connectivity index (χ0n) is 14.7. The predicted molar refractivity (Wildman–Crippen MR) is 108 cm³/mol. The molecule has 7 heteroatoms. The van der Waals surface area contributed by atoms with E-state index in [4.69, 9.17) is 8.83 Å². The number of hydrogen-bond donors (Lipinski definition) is 1. The van der Waals surface area contributed by atoms with Crippen LogP contribution in [0.5, 0.6) is 0 Å². The van der Waals surface area contributed by atoms with E-state index in [0.29, 0.717) is 10.4 Å². The van der Waals surface area contributed by atoms with E-state index in [-0.39, 0.29) is 30.2 Å². The minimum Gasteiger partial charge on any atom is -0.444 e. The van der Waals surface area contributed by atoms with E-state index in [2.05, 4.69) is 31.4 Å². The molecule has 140 valence electrons. The number of benzene rings is 2. The predicted octanol–water partition coefficient (Wildman–Crippen LogP) is 5.25. The Morgan fingerprint density at radius 1 is 0.893 bits per heavy atom. The zero-order valence-corrected chi connectivity index (χ0v) is 16.3. The number of anilines is 1. The minimum atomic E-state index is -0.214. The van der Waals surface area contributed by atoms with Crippen molar-refractivity contribution >= 4 is 27.9 Å². The summed E-state index contributed by atoms with van der Waals surface area (Å²) < 4.78 is 11.4. The lowest BCUT2D eigenvalue weighted by molar-refractivity contribution is -0.116. The van der Waals surface area contributed by atoms with Crippen LogP contribution in [0.2, 0.25) is 0 Å². The molecule has 1 N–H and O–H groups in total. The molecule has 0 aliphatic heterocycles. The van der Waals surface area contributed by atoms with Gasteiger partial charge in [0.05, 0.1) is 0 Å². The summed E-state index contributed by atoms with van der Waals surface area (Å²) in [6.07, 6.45) is 0.248. The van der Waals surface area contributed by atoms with Gasteiger partial charge in [-0.05, 0) is 39.2 Å². The molecule has 0 aliphatic carbocycles. The summed E-state index contributed by atoms with van der Waals surface area (Å²) in [5.41, 5.74) is 2.13. The first-order valence-corrected chi connectivity index (χ1v) is 9.47. The van der Waals surface area contributed by atoms with Gasteiger partial charge in [-0.25, -0.2) is 0 Å². The third-order valence-electron chi connectivity index (χ3n) is 4.25. The molecular weight excluding hydrogens is 422 g/mol. The van der Waals surface area contributed by atoms with Crippen LogP contribution in [0.4, 0.5) is 6.01 Å². The largest absolute Gasteiger partial charge is 0.444 e. The van der Waals surface area contributed by atoms with Gasteiger partial charge in [-0.3, -0.25) is 10.1 Å². The molecule has 0 fully saturated rings. The van der Waals surface area contributed by atoms with Gasteiger partial charge in [-0.1, -0.05) is 65.8 Å². The fourth-order valence-corrected chi connectivity index (χ4v) is 3.26. The average Bonchev–Trinajstić information content (AvgIpc) is 3.36. The molecule has 0 saturated heterocycles. The summed E-state index contributed by atoms with van der Waals surface area (Å²) in [7, 11) is 0. The van der Waals surface area contributed by atoms with Gasteiger partial charge >= 0.3 is 6.01 Å². The summed E-state index contributed by atoms with van der Waals surface area (Å²) >= 11 is 3.22. The van der Waals surface area contributed by atoms with Crippen LogP contribution in [-0.4, -0.2) is 16.1 Å². The van der Waals surface area contributed by atoms with E-state index in [1.54, 1.807) is 12.1 Å². The molecule has 6 nitrogen and oxygen atoms in total. The van der Waals surface area contributed by atoms with E-state index in [1.807, 2.05) is 60.7 Å². The van der Waals surface area contributed by atoms with Crippen LogP contribution in [0.1, 0.15) is 23.5 Å². The number of nitrogens with one attached hydrogen (secondary N) is 1. The summed E-state index contributed by atoms with van der Waals surface area (Å²) in [6, 6.07) is 23.3. The lowest BCUT2D eigenvalue weighted by Crippen LogP contribution is -2.16. The second-order valence-electron chi connectivity index (χ2n) is 6.14. The second kappa shape index (κ2) is 8.22. The quantitative estimate of drug-likeness (QED) is 0.445. The molecule has 0 saturated carbocycles. The standard InChI is InChI=1S/C21H16BrN3O3/c22-18-12-11-17(27-18)20-24-25-21(28-20)23-19(26)13-16(14-7-3-1-4-8-14)15-9-5-2-6-10-15/h1-12,16H,13H2,(H,23,25,26). The highest BCUT2D eigenvalue weighted by Crippen LogP contribution is 2.29. The monoisotopic (exact) mass is 437 g/mol. The molecule has 4 aromatic rings. The second-order valence-corrected chi connectivity index (χ2v) is 6.92. The average molecular weight is 438 g/mol. The third kappa shape index (κ3) is 4.20. The number of aromatic nitrogens is 2. The van der Waals surface area contributed by atoms with Gasteiger partial charge < -0.3 is 8.83 Å². The molecule has 1 amide bonds. The molecule has 2 aromatic carbocycles. The normalized spacial score (nSPS) is 10.9. The number of amides is 1. The van der Waals surface area contributed by atoms with Crippen molar-refractivity contribution in [1.29, 1.82) is 0 Å². The molecule has 0 radical (unpaired) electrons. The maximum absolute atomic E-state index is 12.6. The summed E-state index contributed by atoms with van der Waals surface area (Å²) in [6.45, 7) is 0. The van der Waals surface area contributed by atoms with Gasteiger partial charge in [0.1, 0.15) is 0 Å². The van der Waals surface area contributed by atoms with Crippen LogP contribution in [0.3, 0.4) is 0 Å². The van der Waals surface area contributed by atoms with E-state index in [0.717, 1.165) is 11.1 Å². The highest BCUT2D eigenvalue weighted by Gasteiger charge is 2.20. The van der Waals surface area contributed by atoms with Gasteiger partial charge in [-0.2, -0.15) is 0 Å². The van der Waals surface area contributed by atoms with E-state index in [1.165, 1.54) is 0 Å². The Kier molecular flexibility index (Phi) is 5.34. The number of carbonyl (C=O) groups excluding carboxylic acids is 1. The first kappa shape index (κ1) is 18.2. The molecule has 28 heavy (non-hydrogen) atoms. The first-order valence-electron chi connectivity index (χ1n) is 8.68. The van der Waals surface area contributed by atoms with E-state index < -0.39 is 0 Å². The number of hydrogen-bond acceptors (Lipinski definition) is 5. The van der Waals surface area contributed by atoms with E-state index in [9.17, 15) is 4.79 Å². The lowest BCUT2D eigenvalue weighted by Gasteiger charge is -2.17. The Labute approximate surface area is 169 Å². The van der Waals surface area contributed by atoms with Gasteiger partial charge in [0.2, 0.25) is 5.91 Å². The lowest BCUT2D eigenvalue weighted by atomic mass is 9.88. The van der Waals surface area contributed by atoms with Crippen LogP contribution < -0.4 is 5.32 Å². The number of rotatable bonds is 6. The third-order valence-corrected chi connectivity index (χ3v) is 4.67. The molecule has 4 rings (SSSR count). The Bertz CT molecular complexity index is 1020. The highest BCUT2D eigenvalue weighted by atomic mass is 79.9. The maximum Gasteiger partial charge on any atom is 0.322 e. The van der Waals surface area contributed by atoms with Crippen molar-refractivity contribution in [3.05, 3.63) is 88.6 Å². The Morgan fingerprint density at radius 2 is 1.54 bits per heavy atom. The molecular formula is C21H16BrN3O3. The van der Waals surface area contributed by atoms with Gasteiger partial charge in [-0.15, -0.1) is 5.10 Å². The Balaban J connectivity index is 1.50. The van der Waals surface area contributed by atoms with Crippen LogP contribution in [-0.2, 0) is 4.79 Å². The number of carbonyl (C=O) groups is 1. The van der Waals surface area contributed by atoms with Gasteiger partial charge in [0, 0.05) is 12.3 Å². The van der Waals surface area contributed by atoms with Crippen molar-refractivity contribution in [3.8, 4) is 11.7 Å². The van der Waals surface area contributed by atoms with Gasteiger partial charge in [0.15, 0.2) is 10.4 Å². The van der Waals surface area contributed by atoms with Crippen molar-refractivity contribution in [2.75, 3.05) is 5.32 Å². The summed E-state index contributed by atoms with van der Waals surface area (Å²) in [5.74, 6) is 0.328. The smallest absolute Gasteiger partial charge is 0.322 e. The van der Waals surface area contributed by atoms with Crippen LogP contribution in [0.25, 0.3) is 11.7 Å². The topological polar surface area (TPSA) is 81.2 Å². The van der Waals surface area contributed by atoms with Crippen LogP contribution in [0, 0.1) is 0 Å². The molecule has 0 bridgehead atoms. The number of halogens is 1. The Morgan fingerprint density at radius 3 is 2.11 bits per heavy atom. The maximum atomic E-state index is 12.6. The summed E-state index contributed by atoms with van der Waals surface area (Å²) in [5, 5.41) is 10.4. The van der Waals surface area contributed by atoms with Crippen LogP contribution in [0.15, 0.2) is 86.3 Å². The Hall–Kier alpha value is -3.19. The fourth-order valence-electron chi connectivity index (χ4n) is 2.96. The summed E-state index contributed by atoms with van der Waals surface area (Å²) in [4.78, 5) is 12.6. The number of nitrogens with zero attached hydrogens (tertiary/aromatic N) is 2. The van der Waals surface area contributed by atoms with Crippen molar-refractivity contribution in [1.82, 2.24) is 10.2 Å². The molecule has 0 atom stereocenters. The van der Waals surface area contributed by atoms with Crippen molar-refractivity contribution in [2.45, 2.75) is 12.3 Å². The SMILES string of the molecule is O=C(CC(c1ccccc1)c1ccccc1)Nc1nnc(-c2ccc(Br)o2)o1. The number of furan rings is 1. The first-order chi connectivity index (χ1) is 13.7. The van der Waals surface area contributed by atoms with E-state index >= 15 is 0 Å². The molecule has 0 spiro atoms. The molecule has 0 unspecified atom stereocenters. The van der Waals surface area contributed by atoms with Crippen LogP contribution >= 0.6 is 15.9 Å². The highest BCUT2D eigenvalue weighted by molar-refractivity contribution is 9.10. The van der Waals surface area contributed by atoms with Crippen molar-refractivity contribution < 1.29 is 13.6 Å². The zero-order chi connectivity index (χ0) is 19.3. The van der Waals surface area contributed by atoms with Gasteiger partial charge in [0.25, 0.3) is 5.89 Å².